The number of rotatable bonds is 5. The van der Waals surface area contributed by atoms with E-state index < -0.39 is 0 Å². The first kappa shape index (κ1) is 14.9. The van der Waals surface area contributed by atoms with E-state index in [9.17, 15) is 4.39 Å². The van der Waals surface area contributed by atoms with Crippen LogP contribution in [0, 0.1) is 12.7 Å². The SMILES string of the molecule is CCNCc1ccc(Oc2cc(F)cc(Br)c2)nc1C. The quantitative estimate of drug-likeness (QED) is 0.887. The number of benzene rings is 1. The number of hydrogen-bond acceptors (Lipinski definition) is 3. The third kappa shape index (κ3) is 4.02. The summed E-state index contributed by atoms with van der Waals surface area (Å²) in [6, 6.07) is 8.17. The maximum atomic E-state index is 13.3. The molecule has 0 amide bonds. The summed E-state index contributed by atoms with van der Waals surface area (Å²) in [5, 5.41) is 3.25. The minimum Gasteiger partial charge on any atom is -0.439 e. The maximum Gasteiger partial charge on any atom is 0.219 e. The molecule has 1 heterocycles. The van der Waals surface area contributed by atoms with E-state index in [4.69, 9.17) is 4.74 Å². The van der Waals surface area contributed by atoms with Gasteiger partial charge in [-0.15, -0.1) is 0 Å². The van der Waals surface area contributed by atoms with Gasteiger partial charge in [0, 0.05) is 28.8 Å². The molecule has 0 spiro atoms. The highest BCUT2D eigenvalue weighted by Crippen LogP contribution is 2.25. The van der Waals surface area contributed by atoms with Gasteiger partial charge in [-0.05, 0) is 31.2 Å². The lowest BCUT2D eigenvalue weighted by atomic mass is 10.2. The summed E-state index contributed by atoms with van der Waals surface area (Å²) in [6.45, 7) is 5.68. The summed E-state index contributed by atoms with van der Waals surface area (Å²) in [4.78, 5) is 4.38. The van der Waals surface area contributed by atoms with E-state index in [0.29, 0.717) is 16.1 Å². The van der Waals surface area contributed by atoms with Crippen molar-refractivity contribution in [1.82, 2.24) is 10.3 Å². The van der Waals surface area contributed by atoms with Gasteiger partial charge in [0.15, 0.2) is 0 Å². The standard InChI is InChI=1S/C15H16BrFN2O/c1-3-18-9-11-4-5-15(19-10(11)2)20-14-7-12(16)6-13(17)8-14/h4-8,18H,3,9H2,1-2H3. The van der Waals surface area contributed by atoms with Gasteiger partial charge in [0.05, 0.1) is 0 Å². The Morgan fingerprint density at radius 1 is 1.30 bits per heavy atom. The lowest BCUT2D eigenvalue weighted by Gasteiger charge is -2.09. The lowest BCUT2D eigenvalue weighted by Crippen LogP contribution is -2.13. The summed E-state index contributed by atoms with van der Waals surface area (Å²) in [7, 11) is 0. The van der Waals surface area contributed by atoms with Crippen LogP contribution in [-0.4, -0.2) is 11.5 Å². The van der Waals surface area contributed by atoms with Crippen molar-refractivity contribution in [1.29, 1.82) is 0 Å². The third-order valence-electron chi connectivity index (χ3n) is 2.79. The first-order valence-corrected chi connectivity index (χ1v) is 7.19. The monoisotopic (exact) mass is 338 g/mol. The van der Waals surface area contributed by atoms with E-state index >= 15 is 0 Å². The Morgan fingerprint density at radius 3 is 2.75 bits per heavy atom. The summed E-state index contributed by atoms with van der Waals surface area (Å²) < 4.78 is 19.5. The third-order valence-corrected chi connectivity index (χ3v) is 3.25. The zero-order chi connectivity index (χ0) is 14.5. The van der Waals surface area contributed by atoms with Gasteiger partial charge in [0.1, 0.15) is 11.6 Å². The number of pyridine rings is 1. The fourth-order valence-electron chi connectivity index (χ4n) is 1.78. The van der Waals surface area contributed by atoms with Gasteiger partial charge in [0.25, 0.3) is 0 Å². The summed E-state index contributed by atoms with van der Waals surface area (Å²) in [5.74, 6) is 0.526. The molecule has 5 heteroatoms. The van der Waals surface area contributed by atoms with Crippen LogP contribution in [-0.2, 0) is 6.54 Å². The molecular weight excluding hydrogens is 323 g/mol. The smallest absolute Gasteiger partial charge is 0.219 e. The Balaban J connectivity index is 2.15. The largest absolute Gasteiger partial charge is 0.439 e. The topological polar surface area (TPSA) is 34.1 Å². The first-order valence-electron chi connectivity index (χ1n) is 6.39. The molecule has 1 N–H and O–H groups in total. The van der Waals surface area contributed by atoms with Crippen molar-refractivity contribution in [3.05, 3.63) is 51.9 Å². The predicted octanol–water partition coefficient (Wildman–Crippen LogP) is 4.19. The van der Waals surface area contributed by atoms with Crippen molar-refractivity contribution >= 4 is 15.9 Å². The van der Waals surface area contributed by atoms with E-state index in [1.807, 2.05) is 13.0 Å². The van der Waals surface area contributed by atoms with Crippen LogP contribution in [0.2, 0.25) is 0 Å². The fraction of sp³-hybridized carbons (Fsp3) is 0.267. The normalized spacial score (nSPS) is 10.6. The molecule has 3 nitrogen and oxygen atoms in total. The van der Waals surface area contributed by atoms with Crippen LogP contribution in [0.5, 0.6) is 11.6 Å². The Hall–Kier alpha value is -1.46. The van der Waals surface area contributed by atoms with Crippen molar-refractivity contribution in [2.45, 2.75) is 20.4 Å². The molecule has 0 radical (unpaired) electrons. The average molecular weight is 339 g/mol. The van der Waals surface area contributed by atoms with Gasteiger partial charge < -0.3 is 10.1 Å². The van der Waals surface area contributed by atoms with Gasteiger partial charge in [0.2, 0.25) is 5.88 Å². The summed E-state index contributed by atoms with van der Waals surface area (Å²) >= 11 is 3.23. The second kappa shape index (κ2) is 6.81. The number of ether oxygens (including phenoxy) is 1. The molecule has 1 aromatic carbocycles. The van der Waals surface area contributed by atoms with Crippen molar-refractivity contribution in [2.75, 3.05) is 6.54 Å². The van der Waals surface area contributed by atoms with Crippen LogP contribution in [0.15, 0.2) is 34.8 Å². The number of aryl methyl sites for hydroxylation is 1. The highest BCUT2D eigenvalue weighted by atomic mass is 79.9. The molecule has 0 fully saturated rings. The zero-order valence-corrected chi connectivity index (χ0v) is 13.0. The molecule has 0 aliphatic carbocycles. The van der Waals surface area contributed by atoms with E-state index in [2.05, 4.69) is 33.2 Å². The minimum atomic E-state index is -0.352. The van der Waals surface area contributed by atoms with Gasteiger partial charge >= 0.3 is 0 Å². The molecule has 0 aliphatic heterocycles. The van der Waals surface area contributed by atoms with Crippen molar-refractivity contribution in [3.63, 3.8) is 0 Å². The molecule has 20 heavy (non-hydrogen) atoms. The van der Waals surface area contributed by atoms with E-state index in [1.165, 1.54) is 12.1 Å². The second-order valence-electron chi connectivity index (χ2n) is 4.38. The molecule has 1 aromatic heterocycles. The van der Waals surface area contributed by atoms with Crippen molar-refractivity contribution in [2.24, 2.45) is 0 Å². The van der Waals surface area contributed by atoms with Crippen LogP contribution in [0.3, 0.4) is 0 Å². The van der Waals surface area contributed by atoms with Gasteiger partial charge in [-0.25, -0.2) is 9.37 Å². The number of aromatic nitrogens is 1. The van der Waals surface area contributed by atoms with E-state index in [1.54, 1.807) is 12.1 Å². The molecule has 0 unspecified atom stereocenters. The molecule has 106 valence electrons. The second-order valence-corrected chi connectivity index (χ2v) is 5.30. The number of halogens is 2. The molecule has 0 bridgehead atoms. The van der Waals surface area contributed by atoms with Gasteiger partial charge in [-0.2, -0.15) is 0 Å². The number of hydrogen-bond donors (Lipinski definition) is 1. The number of nitrogens with zero attached hydrogens (tertiary/aromatic N) is 1. The first-order chi connectivity index (χ1) is 9.58. The van der Waals surface area contributed by atoms with Crippen LogP contribution < -0.4 is 10.1 Å². The van der Waals surface area contributed by atoms with Gasteiger partial charge in [-0.1, -0.05) is 28.9 Å². The Bertz CT molecular complexity index is 584. The molecule has 2 rings (SSSR count). The number of nitrogens with one attached hydrogen (secondary N) is 1. The molecule has 0 atom stereocenters. The van der Waals surface area contributed by atoms with Crippen molar-refractivity contribution in [3.8, 4) is 11.6 Å². The predicted molar refractivity (Wildman–Crippen MR) is 80.5 cm³/mol. The average Bonchev–Trinajstić information content (AvgIpc) is 2.36. The molecule has 0 aliphatic rings. The molecule has 2 aromatic rings. The summed E-state index contributed by atoms with van der Waals surface area (Å²) in [6.07, 6.45) is 0. The fourth-order valence-corrected chi connectivity index (χ4v) is 2.22. The van der Waals surface area contributed by atoms with E-state index in [0.717, 1.165) is 24.3 Å². The summed E-state index contributed by atoms with van der Waals surface area (Å²) in [5.41, 5.74) is 2.03. The maximum absolute atomic E-state index is 13.3. The highest BCUT2D eigenvalue weighted by Gasteiger charge is 2.05. The zero-order valence-electron chi connectivity index (χ0n) is 11.4. The van der Waals surface area contributed by atoms with Crippen molar-refractivity contribution < 1.29 is 9.13 Å². The van der Waals surface area contributed by atoms with Crippen LogP contribution in [0.25, 0.3) is 0 Å². The lowest BCUT2D eigenvalue weighted by molar-refractivity contribution is 0.455. The van der Waals surface area contributed by atoms with Crippen LogP contribution in [0.1, 0.15) is 18.2 Å². The Morgan fingerprint density at radius 2 is 2.10 bits per heavy atom. The molecule has 0 saturated heterocycles. The minimum absolute atomic E-state index is 0.352. The highest BCUT2D eigenvalue weighted by molar-refractivity contribution is 9.10. The molecular formula is C15H16BrFN2O. The molecule has 0 saturated carbocycles. The van der Waals surface area contributed by atoms with E-state index in [-0.39, 0.29) is 5.82 Å². The van der Waals surface area contributed by atoms with Crippen LogP contribution >= 0.6 is 15.9 Å². The Labute approximate surface area is 126 Å². The Kier molecular flexibility index (Phi) is 5.09. The van der Waals surface area contributed by atoms with Crippen LogP contribution in [0.4, 0.5) is 4.39 Å². The van der Waals surface area contributed by atoms with Gasteiger partial charge in [-0.3, -0.25) is 0 Å².